The monoisotopic (exact) mass is 221 g/mol. The second kappa shape index (κ2) is 4.01. The van der Waals surface area contributed by atoms with E-state index in [1.807, 2.05) is 0 Å². The molecule has 1 aromatic heterocycles. The Labute approximate surface area is 95.3 Å². The summed E-state index contributed by atoms with van der Waals surface area (Å²) in [4.78, 5) is 18.3. The number of aryl methyl sites for hydroxylation is 1. The largest absolute Gasteiger partial charge is 0.345 e. The minimum Gasteiger partial charge on any atom is -0.330 e. The van der Waals surface area contributed by atoms with Gasteiger partial charge >= 0.3 is 5.69 Å². The van der Waals surface area contributed by atoms with Gasteiger partial charge in [0.15, 0.2) is 0 Å². The summed E-state index contributed by atoms with van der Waals surface area (Å²) in [6.07, 6.45) is 3.74. The van der Waals surface area contributed by atoms with Crippen LogP contribution in [0.15, 0.2) is 4.79 Å². The van der Waals surface area contributed by atoms with Gasteiger partial charge in [0.25, 0.3) is 0 Å². The lowest BCUT2D eigenvalue weighted by atomic mass is 9.75. The summed E-state index contributed by atoms with van der Waals surface area (Å²) in [7, 11) is 0. The van der Waals surface area contributed by atoms with Crippen molar-refractivity contribution in [3.63, 3.8) is 0 Å². The second-order valence-electron chi connectivity index (χ2n) is 5.33. The van der Waals surface area contributed by atoms with Crippen LogP contribution < -0.4 is 11.4 Å². The summed E-state index contributed by atoms with van der Waals surface area (Å²) in [5.41, 5.74) is 8.82. The highest BCUT2D eigenvalue weighted by molar-refractivity contribution is 5.29. The van der Waals surface area contributed by atoms with Gasteiger partial charge in [0.05, 0.1) is 5.69 Å². The Morgan fingerprint density at radius 3 is 2.94 bits per heavy atom. The van der Waals surface area contributed by atoms with Gasteiger partial charge in [0.2, 0.25) is 0 Å². The van der Waals surface area contributed by atoms with Crippen molar-refractivity contribution in [2.75, 3.05) is 6.54 Å². The molecule has 4 nitrogen and oxygen atoms in total. The molecule has 0 aliphatic heterocycles. The number of hydrogen-bond donors (Lipinski definition) is 2. The van der Waals surface area contributed by atoms with E-state index in [2.05, 4.69) is 23.8 Å². The van der Waals surface area contributed by atoms with Crippen LogP contribution >= 0.6 is 0 Å². The van der Waals surface area contributed by atoms with Crippen molar-refractivity contribution in [2.45, 2.75) is 39.5 Å². The Balaban J connectivity index is 2.47. The van der Waals surface area contributed by atoms with E-state index in [0.29, 0.717) is 18.4 Å². The summed E-state index contributed by atoms with van der Waals surface area (Å²) in [6.45, 7) is 5.06. The highest BCUT2D eigenvalue weighted by atomic mass is 16.1. The number of aromatic nitrogens is 2. The molecule has 1 aliphatic carbocycles. The van der Waals surface area contributed by atoms with Crippen molar-refractivity contribution in [1.29, 1.82) is 0 Å². The molecule has 0 aromatic carbocycles. The fourth-order valence-electron chi connectivity index (χ4n) is 2.39. The first-order valence-electron chi connectivity index (χ1n) is 5.83. The summed E-state index contributed by atoms with van der Waals surface area (Å²) in [6, 6.07) is 0. The van der Waals surface area contributed by atoms with Crippen LogP contribution in [0.4, 0.5) is 0 Å². The Bertz CT molecular complexity index is 448. The first-order chi connectivity index (χ1) is 7.52. The molecular weight excluding hydrogens is 202 g/mol. The van der Waals surface area contributed by atoms with Crippen LogP contribution in [0.25, 0.3) is 0 Å². The highest BCUT2D eigenvalue weighted by Crippen LogP contribution is 2.34. The minimum atomic E-state index is -0.234. The minimum absolute atomic E-state index is 0.234. The summed E-state index contributed by atoms with van der Waals surface area (Å²) < 4.78 is 0. The van der Waals surface area contributed by atoms with Crippen molar-refractivity contribution in [3.8, 4) is 0 Å². The topological polar surface area (TPSA) is 71.8 Å². The Kier molecular flexibility index (Phi) is 2.84. The number of aromatic amines is 1. The third kappa shape index (κ3) is 2.16. The average molecular weight is 221 g/mol. The summed E-state index contributed by atoms with van der Waals surface area (Å²) >= 11 is 0. The van der Waals surface area contributed by atoms with Crippen molar-refractivity contribution < 1.29 is 0 Å². The number of fused-ring (bicyclic) bond motifs is 1. The maximum atomic E-state index is 11.4. The van der Waals surface area contributed by atoms with E-state index in [9.17, 15) is 4.79 Å². The van der Waals surface area contributed by atoms with E-state index in [4.69, 9.17) is 5.73 Å². The van der Waals surface area contributed by atoms with Crippen molar-refractivity contribution in [3.05, 3.63) is 27.4 Å². The van der Waals surface area contributed by atoms with Crippen LogP contribution in [0.3, 0.4) is 0 Å². The van der Waals surface area contributed by atoms with Crippen molar-refractivity contribution in [1.82, 2.24) is 9.97 Å². The molecule has 1 aromatic rings. The van der Waals surface area contributed by atoms with Crippen molar-refractivity contribution >= 4 is 0 Å². The zero-order valence-electron chi connectivity index (χ0n) is 9.97. The van der Waals surface area contributed by atoms with E-state index >= 15 is 0 Å². The fourth-order valence-corrected chi connectivity index (χ4v) is 2.39. The molecule has 0 saturated heterocycles. The molecule has 1 heterocycles. The van der Waals surface area contributed by atoms with Gasteiger partial charge in [-0.15, -0.1) is 0 Å². The quantitative estimate of drug-likeness (QED) is 0.775. The third-order valence-electron chi connectivity index (χ3n) is 3.30. The molecule has 0 atom stereocenters. The van der Waals surface area contributed by atoms with E-state index < -0.39 is 0 Å². The molecule has 4 heteroatoms. The van der Waals surface area contributed by atoms with E-state index in [0.717, 1.165) is 30.7 Å². The molecule has 2 rings (SSSR count). The third-order valence-corrected chi connectivity index (χ3v) is 3.30. The molecule has 0 spiro atoms. The number of rotatable bonds is 2. The SMILES string of the molecule is CC1(C)CCc2[nH]c(=O)nc(CCN)c2C1. The van der Waals surface area contributed by atoms with E-state index in [1.165, 1.54) is 5.56 Å². The predicted molar refractivity (Wildman–Crippen MR) is 63.4 cm³/mol. The van der Waals surface area contributed by atoms with Gasteiger partial charge in [-0.25, -0.2) is 4.79 Å². The Morgan fingerprint density at radius 1 is 1.50 bits per heavy atom. The first kappa shape index (κ1) is 11.3. The van der Waals surface area contributed by atoms with Crippen LogP contribution in [0.2, 0.25) is 0 Å². The number of nitrogens with one attached hydrogen (secondary N) is 1. The second-order valence-corrected chi connectivity index (χ2v) is 5.33. The number of nitrogens with two attached hydrogens (primary N) is 1. The predicted octanol–water partition coefficient (Wildman–Crippen LogP) is 0.786. The van der Waals surface area contributed by atoms with Gasteiger partial charge in [0.1, 0.15) is 0 Å². The molecule has 16 heavy (non-hydrogen) atoms. The van der Waals surface area contributed by atoms with Gasteiger partial charge in [-0.1, -0.05) is 13.8 Å². The summed E-state index contributed by atoms with van der Waals surface area (Å²) in [5.74, 6) is 0. The van der Waals surface area contributed by atoms with Gasteiger partial charge in [-0.3, -0.25) is 0 Å². The van der Waals surface area contributed by atoms with Crippen LogP contribution in [0.5, 0.6) is 0 Å². The molecule has 1 aliphatic rings. The lowest BCUT2D eigenvalue weighted by Crippen LogP contribution is -2.29. The van der Waals surface area contributed by atoms with Crippen LogP contribution in [0.1, 0.15) is 37.2 Å². The lowest BCUT2D eigenvalue weighted by Gasteiger charge is -2.31. The number of H-pyrrole nitrogens is 1. The fraction of sp³-hybridized carbons (Fsp3) is 0.667. The highest BCUT2D eigenvalue weighted by Gasteiger charge is 2.27. The smallest absolute Gasteiger partial charge is 0.330 e. The average Bonchev–Trinajstić information content (AvgIpc) is 2.19. The standard InChI is InChI=1S/C12H19N3O/c1-12(2)5-3-9-8(7-12)10(4-6-13)15-11(16)14-9/h3-7,13H2,1-2H3,(H,14,15,16). The maximum Gasteiger partial charge on any atom is 0.345 e. The molecule has 88 valence electrons. The maximum absolute atomic E-state index is 11.4. The molecule has 3 N–H and O–H groups in total. The molecule has 0 saturated carbocycles. The van der Waals surface area contributed by atoms with Gasteiger partial charge in [-0.05, 0) is 36.8 Å². The molecule has 0 unspecified atom stereocenters. The molecule has 0 fully saturated rings. The van der Waals surface area contributed by atoms with Crippen LogP contribution in [-0.2, 0) is 19.3 Å². The Hall–Kier alpha value is -1.16. The normalized spacial score (nSPS) is 18.2. The first-order valence-corrected chi connectivity index (χ1v) is 5.83. The van der Waals surface area contributed by atoms with Gasteiger partial charge in [0, 0.05) is 12.1 Å². The van der Waals surface area contributed by atoms with Gasteiger partial charge < -0.3 is 10.7 Å². The zero-order valence-corrected chi connectivity index (χ0v) is 9.97. The lowest BCUT2D eigenvalue weighted by molar-refractivity contribution is 0.309. The van der Waals surface area contributed by atoms with Crippen molar-refractivity contribution in [2.24, 2.45) is 11.1 Å². The van der Waals surface area contributed by atoms with Crippen LogP contribution in [-0.4, -0.2) is 16.5 Å². The van der Waals surface area contributed by atoms with Crippen LogP contribution in [0, 0.1) is 5.41 Å². The zero-order chi connectivity index (χ0) is 11.8. The number of hydrogen-bond acceptors (Lipinski definition) is 3. The molecule has 0 amide bonds. The number of nitrogens with zero attached hydrogens (tertiary/aromatic N) is 1. The van der Waals surface area contributed by atoms with Gasteiger partial charge in [-0.2, -0.15) is 4.98 Å². The Morgan fingerprint density at radius 2 is 2.25 bits per heavy atom. The molecular formula is C12H19N3O. The van der Waals surface area contributed by atoms with E-state index in [1.54, 1.807) is 0 Å². The molecule has 0 bridgehead atoms. The summed E-state index contributed by atoms with van der Waals surface area (Å²) in [5, 5.41) is 0. The molecule has 0 radical (unpaired) electrons. The van der Waals surface area contributed by atoms with E-state index in [-0.39, 0.29) is 5.69 Å².